The van der Waals surface area contributed by atoms with E-state index >= 15 is 0 Å². The van der Waals surface area contributed by atoms with E-state index in [1.165, 1.54) is 4.31 Å². The number of sulfonamides is 1. The summed E-state index contributed by atoms with van der Waals surface area (Å²) >= 11 is 0. The number of carbonyl (C=O) groups is 1. The van der Waals surface area contributed by atoms with Gasteiger partial charge in [-0.3, -0.25) is 9.10 Å². The molecule has 0 fully saturated rings. The molecule has 7 heteroatoms. The average molecular weight is 374 g/mol. The zero-order valence-electron chi connectivity index (χ0n) is 15.0. The van der Waals surface area contributed by atoms with Gasteiger partial charge < -0.3 is 10.1 Å². The monoisotopic (exact) mass is 374 g/mol. The van der Waals surface area contributed by atoms with Crippen LogP contribution in [-0.4, -0.2) is 32.7 Å². The Hall–Kier alpha value is -2.54. The first-order chi connectivity index (χ1) is 12.3. The number of rotatable bonds is 4. The molecule has 0 saturated heterocycles. The van der Waals surface area contributed by atoms with Crippen molar-refractivity contribution in [1.82, 2.24) is 0 Å². The minimum absolute atomic E-state index is 0.0489. The van der Waals surface area contributed by atoms with Gasteiger partial charge in [-0.15, -0.1) is 0 Å². The van der Waals surface area contributed by atoms with Crippen molar-refractivity contribution in [2.24, 2.45) is 0 Å². The molecule has 0 spiro atoms. The summed E-state index contributed by atoms with van der Waals surface area (Å²) in [5.74, 6) is -0.0356. The third kappa shape index (κ3) is 3.53. The lowest BCUT2D eigenvalue weighted by atomic mass is 10.1. The molecule has 0 aliphatic carbocycles. The van der Waals surface area contributed by atoms with Crippen molar-refractivity contribution in [1.29, 1.82) is 0 Å². The van der Waals surface area contributed by atoms with Crippen LogP contribution in [0.25, 0.3) is 0 Å². The third-order valence-corrected chi connectivity index (χ3v) is 6.11. The van der Waals surface area contributed by atoms with Crippen molar-refractivity contribution < 1.29 is 17.9 Å². The molecule has 138 valence electrons. The molecule has 6 nitrogen and oxygen atoms in total. The molecule has 26 heavy (non-hydrogen) atoms. The molecule has 1 aliphatic heterocycles. The van der Waals surface area contributed by atoms with E-state index in [0.717, 1.165) is 11.1 Å². The fourth-order valence-corrected chi connectivity index (χ4v) is 4.05. The van der Waals surface area contributed by atoms with Crippen molar-refractivity contribution in [2.45, 2.75) is 26.9 Å². The predicted octanol–water partition coefficient (Wildman–Crippen LogP) is 2.86. The molecule has 0 aromatic heterocycles. The summed E-state index contributed by atoms with van der Waals surface area (Å²) in [6, 6.07) is 12.6. The molecule has 2 aromatic rings. The highest BCUT2D eigenvalue weighted by Crippen LogP contribution is 2.35. The lowest BCUT2D eigenvalue weighted by molar-refractivity contribution is -0.122. The lowest BCUT2D eigenvalue weighted by Gasteiger charge is -2.34. The van der Waals surface area contributed by atoms with Gasteiger partial charge in [-0.05, 0) is 44.5 Å². The maximum atomic E-state index is 12.7. The largest absolute Gasteiger partial charge is 0.476 e. The van der Waals surface area contributed by atoms with Crippen molar-refractivity contribution >= 4 is 27.3 Å². The number of fused-ring (bicyclic) bond motifs is 1. The Labute approximate surface area is 153 Å². The quantitative estimate of drug-likeness (QED) is 0.893. The van der Waals surface area contributed by atoms with Gasteiger partial charge in [0, 0.05) is 5.69 Å². The van der Waals surface area contributed by atoms with Crippen LogP contribution in [-0.2, 0) is 14.8 Å². The fourth-order valence-electron chi connectivity index (χ4n) is 2.93. The second kappa shape index (κ2) is 6.99. The second-order valence-electron chi connectivity index (χ2n) is 6.31. The van der Waals surface area contributed by atoms with E-state index in [2.05, 4.69) is 5.32 Å². The Bertz CT molecular complexity index is 940. The Morgan fingerprint density at radius 2 is 1.96 bits per heavy atom. The first-order valence-corrected chi connectivity index (χ1v) is 10.1. The smallest absolute Gasteiger partial charge is 0.267 e. The summed E-state index contributed by atoms with van der Waals surface area (Å²) in [6.45, 7) is 5.42. The summed E-state index contributed by atoms with van der Waals surface area (Å²) in [4.78, 5) is 12.7. The lowest BCUT2D eigenvalue weighted by Crippen LogP contribution is -2.49. The predicted molar refractivity (Wildman–Crippen MR) is 102 cm³/mol. The van der Waals surface area contributed by atoms with Crippen molar-refractivity contribution in [3.63, 3.8) is 0 Å². The zero-order valence-corrected chi connectivity index (χ0v) is 15.8. The van der Waals surface area contributed by atoms with E-state index in [-0.39, 0.29) is 18.2 Å². The van der Waals surface area contributed by atoms with Crippen LogP contribution in [0.4, 0.5) is 11.4 Å². The number of ether oxygens (including phenoxy) is 1. The molecule has 0 saturated carbocycles. The van der Waals surface area contributed by atoms with Gasteiger partial charge in [-0.2, -0.15) is 0 Å². The highest BCUT2D eigenvalue weighted by Gasteiger charge is 2.36. The summed E-state index contributed by atoms with van der Waals surface area (Å²) in [7, 11) is -3.51. The molecule has 0 unspecified atom stereocenters. The molecule has 0 radical (unpaired) electrons. The first-order valence-electron chi connectivity index (χ1n) is 8.46. The second-order valence-corrected chi connectivity index (χ2v) is 8.50. The molecular weight excluding hydrogens is 352 g/mol. The third-order valence-electron chi connectivity index (χ3n) is 4.37. The number of hydrogen-bond donors (Lipinski definition) is 1. The molecule has 0 bridgehead atoms. The number of anilines is 2. The van der Waals surface area contributed by atoms with E-state index in [1.54, 1.807) is 31.2 Å². The number of amides is 1. The van der Waals surface area contributed by atoms with Crippen molar-refractivity contribution in [3.8, 4) is 5.75 Å². The van der Waals surface area contributed by atoms with Crippen LogP contribution in [0.15, 0.2) is 42.5 Å². The molecule has 1 amide bonds. The molecule has 1 N–H and O–H groups in total. The van der Waals surface area contributed by atoms with E-state index in [4.69, 9.17) is 4.74 Å². The number of aryl methyl sites for hydroxylation is 2. The van der Waals surface area contributed by atoms with Crippen LogP contribution in [0.1, 0.15) is 18.1 Å². The standard InChI is InChI=1S/C19H22N2O4S/c1-4-26(23,24)21-12-18(25-17-8-6-5-7-16(17)21)19(22)20-15-10-9-13(2)11-14(15)3/h5-11,18H,4,12H2,1-3H3,(H,20,22)/t18-/m1/s1. The van der Waals surface area contributed by atoms with Crippen LogP contribution >= 0.6 is 0 Å². The Morgan fingerprint density at radius 3 is 2.65 bits per heavy atom. The van der Waals surface area contributed by atoms with Crippen molar-refractivity contribution in [2.75, 3.05) is 21.9 Å². The number of benzene rings is 2. The van der Waals surface area contributed by atoms with E-state index in [0.29, 0.717) is 17.1 Å². The van der Waals surface area contributed by atoms with Gasteiger partial charge in [-0.1, -0.05) is 29.8 Å². The van der Waals surface area contributed by atoms with Crippen LogP contribution in [0.2, 0.25) is 0 Å². The molecule has 2 aromatic carbocycles. The van der Waals surface area contributed by atoms with Gasteiger partial charge in [-0.25, -0.2) is 8.42 Å². The average Bonchev–Trinajstić information content (AvgIpc) is 2.63. The molecule has 3 rings (SSSR count). The number of para-hydroxylation sites is 2. The highest BCUT2D eigenvalue weighted by atomic mass is 32.2. The Balaban J connectivity index is 1.88. The molecule has 1 heterocycles. The summed E-state index contributed by atoms with van der Waals surface area (Å²) in [5, 5.41) is 2.84. The minimum atomic E-state index is -3.51. The maximum absolute atomic E-state index is 12.7. The van der Waals surface area contributed by atoms with Crippen LogP contribution in [0, 0.1) is 13.8 Å². The topological polar surface area (TPSA) is 75.7 Å². The maximum Gasteiger partial charge on any atom is 0.267 e. The summed E-state index contributed by atoms with van der Waals surface area (Å²) < 4.78 is 32.0. The Kier molecular flexibility index (Phi) is 4.91. The van der Waals surface area contributed by atoms with E-state index in [9.17, 15) is 13.2 Å². The summed E-state index contributed by atoms with van der Waals surface area (Å²) in [6.07, 6.45) is -0.924. The zero-order chi connectivity index (χ0) is 18.9. The number of carbonyl (C=O) groups excluding carboxylic acids is 1. The number of hydrogen-bond acceptors (Lipinski definition) is 4. The van der Waals surface area contributed by atoms with Gasteiger partial charge >= 0.3 is 0 Å². The van der Waals surface area contributed by atoms with Gasteiger partial charge in [0.15, 0.2) is 6.10 Å². The molecule has 1 aliphatic rings. The molecular formula is C19H22N2O4S. The minimum Gasteiger partial charge on any atom is -0.476 e. The van der Waals surface area contributed by atoms with Gasteiger partial charge in [0.25, 0.3) is 5.91 Å². The van der Waals surface area contributed by atoms with E-state index in [1.807, 2.05) is 32.0 Å². The van der Waals surface area contributed by atoms with Crippen LogP contribution in [0.3, 0.4) is 0 Å². The van der Waals surface area contributed by atoms with Gasteiger partial charge in [0.05, 0.1) is 18.0 Å². The Morgan fingerprint density at radius 1 is 1.23 bits per heavy atom. The van der Waals surface area contributed by atoms with Gasteiger partial charge in [0.2, 0.25) is 10.0 Å². The van der Waals surface area contributed by atoms with E-state index < -0.39 is 16.1 Å². The number of nitrogens with one attached hydrogen (secondary N) is 1. The van der Waals surface area contributed by atoms with Crippen molar-refractivity contribution in [3.05, 3.63) is 53.6 Å². The fraction of sp³-hybridized carbons (Fsp3) is 0.316. The van der Waals surface area contributed by atoms with Crippen LogP contribution in [0.5, 0.6) is 5.75 Å². The first kappa shape index (κ1) is 18.3. The normalized spacial score (nSPS) is 16.6. The summed E-state index contributed by atoms with van der Waals surface area (Å²) in [5.41, 5.74) is 3.19. The van der Waals surface area contributed by atoms with Gasteiger partial charge in [0.1, 0.15) is 5.75 Å². The molecule has 1 atom stereocenters. The highest BCUT2D eigenvalue weighted by molar-refractivity contribution is 7.92. The SMILES string of the molecule is CCS(=O)(=O)N1C[C@H](C(=O)Nc2ccc(C)cc2C)Oc2ccccc21. The number of nitrogens with zero attached hydrogens (tertiary/aromatic N) is 1. The van der Waals surface area contributed by atoms with Crippen LogP contribution < -0.4 is 14.4 Å².